The Morgan fingerprint density at radius 1 is 0.328 bits per heavy atom. The second kappa shape index (κ2) is 13.0. The molecule has 13 aromatic rings. The molecule has 2 aromatic heterocycles. The Bertz CT molecular complexity index is 4000. The topological polar surface area (TPSA) is 62.5 Å². The Morgan fingerprint density at radius 2 is 0.836 bits per heavy atom. The van der Waals surface area contributed by atoms with Gasteiger partial charge < -0.3 is 0 Å². The van der Waals surface area contributed by atoms with Gasteiger partial charge in [-0.2, -0.15) is 5.26 Å². The molecule has 0 aliphatic carbocycles. The van der Waals surface area contributed by atoms with Gasteiger partial charge >= 0.3 is 0 Å². The standard InChI is InChI=1S/C56H30N4S/c57-31-32-17-19-33(20-18-32)37-10-3-11-39(27-37)54-58-55(40-25-26-43-42-12-1-2-16-48(42)61-49(43)30-40)60-56(59-54)41-28-38-24-23-36-8-5-14-45-44-13-4-7-34-21-22-35-9-6-15-46(52(35)50(34)44)47(29-41)53(38)51(36)45/h1-30H. The van der Waals surface area contributed by atoms with Gasteiger partial charge in [0.15, 0.2) is 17.5 Å². The predicted molar refractivity (Wildman–Crippen MR) is 255 cm³/mol. The number of fused-ring (bicyclic) bond motifs is 5. The average molecular weight is 791 g/mol. The van der Waals surface area contributed by atoms with Gasteiger partial charge in [-0.05, 0) is 118 Å². The molecular formula is C56H30N4S. The van der Waals surface area contributed by atoms with E-state index in [2.05, 4.69) is 158 Å². The van der Waals surface area contributed by atoms with Gasteiger partial charge in [0.05, 0.1) is 11.6 Å². The van der Waals surface area contributed by atoms with Crippen molar-refractivity contribution < 1.29 is 0 Å². The summed E-state index contributed by atoms with van der Waals surface area (Å²) >= 11 is 1.79. The van der Waals surface area contributed by atoms with Gasteiger partial charge in [0.1, 0.15) is 0 Å². The Hall–Kier alpha value is -8.04. The minimum Gasteiger partial charge on any atom is -0.208 e. The smallest absolute Gasteiger partial charge is 0.164 e. The summed E-state index contributed by atoms with van der Waals surface area (Å²) in [7, 11) is 0. The van der Waals surface area contributed by atoms with Crippen molar-refractivity contribution in [2.75, 3.05) is 0 Å². The quantitative estimate of drug-likeness (QED) is 0.167. The van der Waals surface area contributed by atoms with Gasteiger partial charge in [-0.15, -0.1) is 11.3 Å². The third-order valence-corrected chi connectivity index (χ3v) is 13.6. The second-order valence-corrected chi connectivity index (χ2v) is 16.9. The molecule has 0 amide bonds. The summed E-state index contributed by atoms with van der Waals surface area (Å²) in [5.74, 6) is 1.82. The maximum Gasteiger partial charge on any atom is 0.164 e. The summed E-state index contributed by atoms with van der Waals surface area (Å²) in [5, 5.41) is 26.6. The van der Waals surface area contributed by atoms with Gasteiger partial charge in [-0.3, -0.25) is 0 Å². The highest BCUT2D eigenvalue weighted by Gasteiger charge is 2.19. The normalized spacial score (nSPS) is 11.9. The van der Waals surface area contributed by atoms with Crippen LogP contribution in [-0.4, -0.2) is 15.0 Å². The van der Waals surface area contributed by atoms with E-state index >= 15 is 0 Å². The van der Waals surface area contributed by atoms with Gasteiger partial charge in [-0.25, -0.2) is 15.0 Å². The minimum absolute atomic E-state index is 0.594. The van der Waals surface area contributed by atoms with Gasteiger partial charge in [0.2, 0.25) is 0 Å². The van der Waals surface area contributed by atoms with Crippen LogP contribution in [-0.2, 0) is 0 Å². The number of hydrogen-bond acceptors (Lipinski definition) is 5. The molecule has 0 N–H and O–H groups in total. The first-order valence-electron chi connectivity index (χ1n) is 20.4. The molecule has 0 radical (unpaired) electrons. The highest BCUT2D eigenvalue weighted by Crippen LogP contribution is 2.45. The van der Waals surface area contributed by atoms with Crippen LogP contribution in [0.2, 0.25) is 0 Å². The lowest BCUT2D eigenvalue weighted by atomic mass is 9.87. The van der Waals surface area contributed by atoms with Crippen molar-refractivity contribution >= 4 is 96.1 Å². The highest BCUT2D eigenvalue weighted by atomic mass is 32.1. The molecule has 4 nitrogen and oxygen atoms in total. The van der Waals surface area contributed by atoms with E-state index in [1.165, 1.54) is 74.0 Å². The van der Waals surface area contributed by atoms with Gasteiger partial charge in [0.25, 0.3) is 0 Å². The van der Waals surface area contributed by atoms with Crippen molar-refractivity contribution in [3.8, 4) is 51.4 Å². The summed E-state index contributed by atoms with van der Waals surface area (Å²) in [6, 6.07) is 67.0. The van der Waals surface area contributed by atoms with E-state index in [-0.39, 0.29) is 0 Å². The molecule has 0 bridgehead atoms. The fraction of sp³-hybridized carbons (Fsp3) is 0. The molecule has 0 unspecified atom stereocenters. The van der Waals surface area contributed by atoms with Crippen LogP contribution in [0.4, 0.5) is 0 Å². The van der Waals surface area contributed by atoms with E-state index in [0.717, 1.165) is 38.6 Å². The van der Waals surface area contributed by atoms with E-state index in [9.17, 15) is 5.26 Å². The van der Waals surface area contributed by atoms with Crippen LogP contribution < -0.4 is 0 Å². The lowest BCUT2D eigenvalue weighted by Crippen LogP contribution is -2.00. The molecule has 0 atom stereocenters. The number of rotatable bonds is 4. The lowest BCUT2D eigenvalue weighted by molar-refractivity contribution is 1.08. The molecule has 5 heteroatoms. The number of aromatic nitrogens is 3. The number of benzene rings is 10. The van der Waals surface area contributed by atoms with Crippen molar-refractivity contribution in [1.82, 2.24) is 15.0 Å². The van der Waals surface area contributed by atoms with E-state index in [1.54, 1.807) is 11.3 Å². The molecule has 0 saturated heterocycles. The molecule has 280 valence electrons. The van der Waals surface area contributed by atoms with Crippen LogP contribution in [0.15, 0.2) is 182 Å². The average Bonchev–Trinajstić information content (AvgIpc) is 3.70. The van der Waals surface area contributed by atoms with Crippen LogP contribution >= 0.6 is 11.3 Å². The SMILES string of the molecule is N#Cc1ccc(-c2cccc(-c3nc(-c4ccc5c(c4)sc4ccccc45)nc(-c4cc5ccc6cccc7c8cccc9ccc%10cccc(c(c4)c5c67)c%10c98)n3)c2)cc1. The fourth-order valence-corrected chi connectivity index (χ4v) is 10.8. The lowest BCUT2D eigenvalue weighted by Gasteiger charge is -2.17. The maximum absolute atomic E-state index is 9.43. The van der Waals surface area contributed by atoms with Crippen molar-refractivity contribution in [2.24, 2.45) is 0 Å². The Kier molecular flexibility index (Phi) is 7.21. The molecule has 0 saturated carbocycles. The molecule has 0 fully saturated rings. The Balaban J connectivity index is 1.11. The van der Waals surface area contributed by atoms with Crippen molar-refractivity contribution in [3.05, 3.63) is 188 Å². The summed E-state index contributed by atoms with van der Waals surface area (Å²) in [6.45, 7) is 0. The maximum atomic E-state index is 9.43. The van der Waals surface area contributed by atoms with Crippen molar-refractivity contribution in [2.45, 2.75) is 0 Å². The van der Waals surface area contributed by atoms with Crippen LogP contribution in [0.3, 0.4) is 0 Å². The molecule has 0 aliphatic heterocycles. The predicted octanol–water partition coefficient (Wildman–Crippen LogP) is 15.1. The molecular weight excluding hydrogens is 761 g/mol. The van der Waals surface area contributed by atoms with Gasteiger partial charge in [0, 0.05) is 36.9 Å². The zero-order chi connectivity index (χ0) is 40.2. The monoisotopic (exact) mass is 790 g/mol. The largest absolute Gasteiger partial charge is 0.208 e. The molecule has 13 rings (SSSR count). The first-order chi connectivity index (χ1) is 30.1. The zero-order valence-corrected chi connectivity index (χ0v) is 33.3. The summed E-state index contributed by atoms with van der Waals surface area (Å²) < 4.78 is 2.45. The minimum atomic E-state index is 0.594. The summed E-state index contributed by atoms with van der Waals surface area (Å²) in [4.78, 5) is 15.9. The van der Waals surface area contributed by atoms with Crippen LogP contribution in [0, 0.1) is 11.3 Å². The Morgan fingerprint density at radius 3 is 1.51 bits per heavy atom. The molecule has 0 spiro atoms. The number of hydrogen-bond donors (Lipinski definition) is 0. The van der Waals surface area contributed by atoms with Crippen LogP contribution in [0.1, 0.15) is 5.56 Å². The van der Waals surface area contributed by atoms with Crippen molar-refractivity contribution in [3.63, 3.8) is 0 Å². The van der Waals surface area contributed by atoms with E-state index in [4.69, 9.17) is 15.0 Å². The van der Waals surface area contributed by atoms with E-state index < -0.39 is 0 Å². The molecule has 11 aromatic carbocycles. The highest BCUT2D eigenvalue weighted by molar-refractivity contribution is 7.25. The molecule has 2 heterocycles. The third kappa shape index (κ3) is 5.20. The number of nitrogens with zero attached hydrogens (tertiary/aromatic N) is 4. The van der Waals surface area contributed by atoms with Crippen molar-refractivity contribution in [1.29, 1.82) is 5.26 Å². The fourth-order valence-electron chi connectivity index (χ4n) is 9.62. The number of thiophene rings is 1. The summed E-state index contributed by atoms with van der Waals surface area (Å²) in [6.07, 6.45) is 0. The third-order valence-electron chi connectivity index (χ3n) is 12.4. The van der Waals surface area contributed by atoms with E-state index in [0.29, 0.717) is 23.0 Å². The number of nitriles is 1. The Labute approximate surface area is 353 Å². The van der Waals surface area contributed by atoms with Gasteiger partial charge in [-0.1, -0.05) is 140 Å². The summed E-state index contributed by atoms with van der Waals surface area (Å²) in [5.41, 5.74) is 5.41. The first kappa shape index (κ1) is 33.9. The molecule has 0 aliphatic rings. The van der Waals surface area contributed by atoms with Crippen LogP contribution in [0.5, 0.6) is 0 Å². The van der Waals surface area contributed by atoms with E-state index in [1.807, 2.05) is 30.3 Å². The zero-order valence-electron chi connectivity index (χ0n) is 32.5. The van der Waals surface area contributed by atoms with Crippen LogP contribution in [0.25, 0.3) is 130 Å². The molecule has 61 heavy (non-hydrogen) atoms. The second-order valence-electron chi connectivity index (χ2n) is 15.8. The first-order valence-corrected chi connectivity index (χ1v) is 21.2.